The standard InChI is InChI=1S/C11H9F3O4/c12-5-8(9(13)14)18-11(17)7-4-2-1-3-6(7)10(15)16/h1-4,8-9H,5H2,(H,15,16). The molecule has 0 aliphatic rings. The van der Waals surface area contributed by atoms with Crippen LogP contribution in [-0.2, 0) is 4.74 Å². The van der Waals surface area contributed by atoms with Gasteiger partial charge in [0.15, 0.2) is 6.10 Å². The number of rotatable bonds is 5. The first-order valence-corrected chi connectivity index (χ1v) is 4.84. The highest BCUT2D eigenvalue weighted by Gasteiger charge is 2.27. The van der Waals surface area contributed by atoms with Crippen LogP contribution in [0.1, 0.15) is 20.7 Å². The number of alkyl halides is 3. The van der Waals surface area contributed by atoms with Gasteiger partial charge < -0.3 is 9.84 Å². The first-order valence-electron chi connectivity index (χ1n) is 4.84. The van der Waals surface area contributed by atoms with Crippen molar-refractivity contribution in [1.29, 1.82) is 0 Å². The van der Waals surface area contributed by atoms with E-state index in [4.69, 9.17) is 5.11 Å². The molecule has 98 valence electrons. The van der Waals surface area contributed by atoms with E-state index in [0.29, 0.717) is 0 Å². The average Bonchev–Trinajstić information content (AvgIpc) is 2.35. The largest absolute Gasteiger partial charge is 0.478 e. The maximum Gasteiger partial charge on any atom is 0.339 e. The summed E-state index contributed by atoms with van der Waals surface area (Å²) >= 11 is 0. The summed E-state index contributed by atoms with van der Waals surface area (Å²) in [5.74, 6) is -2.70. The molecule has 0 saturated carbocycles. The minimum Gasteiger partial charge on any atom is -0.478 e. The zero-order valence-electron chi connectivity index (χ0n) is 8.98. The second kappa shape index (κ2) is 6.04. The van der Waals surface area contributed by atoms with Crippen molar-refractivity contribution in [3.63, 3.8) is 0 Å². The normalized spacial score (nSPS) is 12.2. The summed E-state index contributed by atoms with van der Waals surface area (Å²) in [5, 5.41) is 8.79. The van der Waals surface area contributed by atoms with Crippen LogP contribution in [0.2, 0.25) is 0 Å². The molecule has 4 nitrogen and oxygen atoms in total. The lowest BCUT2D eigenvalue weighted by Gasteiger charge is -2.14. The van der Waals surface area contributed by atoms with Crippen molar-refractivity contribution in [2.45, 2.75) is 12.5 Å². The van der Waals surface area contributed by atoms with Gasteiger partial charge in [0, 0.05) is 0 Å². The Hall–Kier alpha value is -2.05. The van der Waals surface area contributed by atoms with E-state index < -0.39 is 42.3 Å². The Morgan fingerprint density at radius 1 is 1.22 bits per heavy atom. The third-order valence-corrected chi connectivity index (χ3v) is 2.07. The molecule has 1 aromatic carbocycles. The minimum absolute atomic E-state index is 0.394. The lowest BCUT2D eigenvalue weighted by Crippen LogP contribution is -2.28. The lowest BCUT2D eigenvalue weighted by molar-refractivity contribution is -0.0422. The maximum atomic E-state index is 12.2. The molecular weight excluding hydrogens is 253 g/mol. The predicted octanol–water partition coefficient (Wildman–Crippen LogP) is 2.14. The number of esters is 1. The van der Waals surface area contributed by atoms with Crippen molar-refractivity contribution in [1.82, 2.24) is 0 Å². The number of carbonyl (C=O) groups excluding carboxylic acids is 1. The van der Waals surface area contributed by atoms with Crippen molar-refractivity contribution in [2.75, 3.05) is 6.67 Å². The Balaban J connectivity index is 2.94. The highest BCUT2D eigenvalue weighted by atomic mass is 19.3. The number of halogens is 3. The number of carbonyl (C=O) groups is 2. The fourth-order valence-electron chi connectivity index (χ4n) is 1.20. The molecule has 0 aliphatic heterocycles. The Morgan fingerprint density at radius 3 is 2.22 bits per heavy atom. The zero-order valence-corrected chi connectivity index (χ0v) is 8.98. The minimum atomic E-state index is -3.17. The quantitative estimate of drug-likeness (QED) is 0.826. The Morgan fingerprint density at radius 2 is 1.78 bits per heavy atom. The van der Waals surface area contributed by atoms with Crippen molar-refractivity contribution in [3.05, 3.63) is 35.4 Å². The topological polar surface area (TPSA) is 63.6 Å². The van der Waals surface area contributed by atoms with E-state index in [9.17, 15) is 22.8 Å². The highest BCUT2D eigenvalue weighted by molar-refractivity contribution is 6.02. The Kier molecular flexibility index (Phi) is 4.70. The van der Waals surface area contributed by atoms with Crippen LogP contribution in [-0.4, -0.2) is 36.2 Å². The predicted molar refractivity (Wildman–Crippen MR) is 54.6 cm³/mol. The first kappa shape index (κ1) is 14.0. The van der Waals surface area contributed by atoms with Crippen LogP contribution < -0.4 is 0 Å². The van der Waals surface area contributed by atoms with Gasteiger partial charge in [-0.2, -0.15) is 0 Å². The van der Waals surface area contributed by atoms with E-state index in [1.807, 2.05) is 0 Å². The summed E-state index contributed by atoms with van der Waals surface area (Å²) in [6, 6.07) is 4.92. The maximum absolute atomic E-state index is 12.2. The van der Waals surface area contributed by atoms with E-state index in [1.54, 1.807) is 0 Å². The van der Waals surface area contributed by atoms with Crippen molar-refractivity contribution >= 4 is 11.9 Å². The second-order valence-electron chi connectivity index (χ2n) is 3.28. The van der Waals surface area contributed by atoms with Gasteiger partial charge in [0.2, 0.25) is 0 Å². The number of benzene rings is 1. The summed E-state index contributed by atoms with van der Waals surface area (Å²) in [6.45, 7) is -1.54. The number of carboxylic acids is 1. The molecule has 0 aliphatic carbocycles. The Bertz CT molecular complexity index is 448. The molecule has 0 radical (unpaired) electrons. The third-order valence-electron chi connectivity index (χ3n) is 2.07. The van der Waals surface area contributed by atoms with Crippen LogP contribution in [0.15, 0.2) is 24.3 Å². The molecule has 0 fully saturated rings. The van der Waals surface area contributed by atoms with Gasteiger partial charge in [0.1, 0.15) is 6.67 Å². The van der Waals surface area contributed by atoms with Gasteiger partial charge in [-0.05, 0) is 12.1 Å². The SMILES string of the molecule is O=C(O)c1ccccc1C(=O)OC(CF)C(F)F. The number of carboxylic acid groups (broad SMARTS) is 1. The fraction of sp³-hybridized carbons (Fsp3) is 0.273. The van der Waals surface area contributed by atoms with Gasteiger partial charge in [0.05, 0.1) is 11.1 Å². The van der Waals surface area contributed by atoms with E-state index >= 15 is 0 Å². The smallest absolute Gasteiger partial charge is 0.339 e. The van der Waals surface area contributed by atoms with E-state index in [0.717, 1.165) is 12.1 Å². The van der Waals surface area contributed by atoms with Gasteiger partial charge in [-0.25, -0.2) is 22.8 Å². The third kappa shape index (κ3) is 3.22. The zero-order chi connectivity index (χ0) is 13.7. The van der Waals surface area contributed by atoms with Gasteiger partial charge in [0.25, 0.3) is 6.43 Å². The molecule has 1 rings (SSSR count). The second-order valence-corrected chi connectivity index (χ2v) is 3.28. The van der Waals surface area contributed by atoms with Crippen LogP contribution in [0.25, 0.3) is 0 Å². The summed E-state index contributed by atoms with van der Waals surface area (Å²) < 4.78 is 40.8. The molecule has 0 heterocycles. The van der Waals surface area contributed by atoms with Gasteiger partial charge in [-0.1, -0.05) is 12.1 Å². The van der Waals surface area contributed by atoms with Crippen molar-refractivity contribution in [3.8, 4) is 0 Å². The molecular formula is C11H9F3O4. The summed E-state index contributed by atoms with van der Waals surface area (Å²) in [4.78, 5) is 22.2. The van der Waals surface area contributed by atoms with Crippen LogP contribution in [0.5, 0.6) is 0 Å². The summed E-state index contributed by atoms with van der Waals surface area (Å²) in [6.07, 6.45) is -5.37. The summed E-state index contributed by atoms with van der Waals surface area (Å²) in [5.41, 5.74) is -0.793. The van der Waals surface area contributed by atoms with Crippen molar-refractivity contribution in [2.24, 2.45) is 0 Å². The fourth-order valence-corrected chi connectivity index (χ4v) is 1.20. The number of aromatic carboxylic acids is 1. The number of ether oxygens (including phenoxy) is 1. The lowest BCUT2D eigenvalue weighted by atomic mass is 10.1. The molecule has 0 saturated heterocycles. The summed E-state index contributed by atoms with van der Waals surface area (Å²) in [7, 11) is 0. The van der Waals surface area contributed by atoms with E-state index in [2.05, 4.69) is 4.74 Å². The molecule has 7 heteroatoms. The average molecular weight is 262 g/mol. The first-order chi connectivity index (χ1) is 8.47. The number of hydrogen-bond acceptors (Lipinski definition) is 3. The Labute approximate surface area is 100.0 Å². The van der Waals surface area contributed by atoms with Gasteiger partial charge in [-0.3, -0.25) is 0 Å². The highest BCUT2D eigenvalue weighted by Crippen LogP contribution is 2.14. The van der Waals surface area contributed by atoms with Crippen LogP contribution in [0.4, 0.5) is 13.2 Å². The molecule has 18 heavy (non-hydrogen) atoms. The number of hydrogen-bond donors (Lipinski definition) is 1. The van der Waals surface area contributed by atoms with Gasteiger partial charge >= 0.3 is 11.9 Å². The van der Waals surface area contributed by atoms with Crippen LogP contribution in [0, 0.1) is 0 Å². The van der Waals surface area contributed by atoms with Gasteiger partial charge in [-0.15, -0.1) is 0 Å². The molecule has 0 amide bonds. The van der Waals surface area contributed by atoms with Crippen LogP contribution >= 0.6 is 0 Å². The molecule has 0 spiro atoms. The molecule has 1 N–H and O–H groups in total. The van der Waals surface area contributed by atoms with E-state index in [-0.39, 0.29) is 0 Å². The molecule has 1 atom stereocenters. The molecule has 0 bridgehead atoms. The van der Waals surface area contributed by atoms with E-state index in [1.165, 1.54) is 12.1 Å². The molecule has 0 aromatic heterocycles. The molecule has 1 aromatic rings. The van der Waals surface area contributed by atoms with Crippen LogP contribution in [0.3, 0.4) is 0 Å². The molecule has 1 unspecified atom stereocenters. The monoisotopic (exact) mass is 262 g/mol. The van der Waals surface area contributed by atoms with Crippen molar-refractivity contribution < 1.29 is 32.6 Å².